The summed E-state index contributed by atoms with van der Waals surface area (Å²) < 4.78 is 0. The number of likely N-dealkylation sites (N-methyl/N-ethyl adjacent to an activating group) is 1. The average molecular weight is 309 g/mol. The summed E-state index contributed by atoms with van der Waals surface area (Å²) in [5, 5.41) is 3.07. The molecule has 0 bridgehead atoms. The highest BCUT2D eigenvalue weighted by Crippen LogP contribution is 2.30. The van der Waals surface area contributed by atoms with Crippen LogP contribution in [0.4, 0.5) is 0 Å². The Bertz CT molecular complexity index is 383. The Balaban J connectivity index is 1.77. The van der Waals surface area contributed by atoms with Crippen LogP contribution in [-0.4, -0.2) is 60.9 Å². The van der Waals surface area contributed by atoms with Crippen LogP contribution in [0.15, 0.2) is 0 Å². The predicted molar refractivity (Wildman–Crippen MR) is 87.4 cm³/mol. The molecule has 2 rings (SSSR count). The second-order valence-electron chi connectivity index (χ2n) is 6.99. The van der Waals surface area contributed by atoms with Crippen LogP contribution in [0.25, 0.3) is 0 Å². The molecule has 1 atom stereocenters. The van der Waals surface area contributed by atoms with Crippen LogP contribution >= 0.6 is 0 Å². The number of carbonyl (C=O) groups is 2. The topological polar surface area (TPSA) is 52.7 Å². The third kappa shape index (κ3) is 4.45. The molecule has 2 aliphatic rings. The Morgan fingerprint density at radius 1 is 1.05 bits per heavy atom. The largest absolute Gasteiger partial charge is 0.353 e. The third-order valence-corrected chi connectivity index (χ3v) is 5.26. The molecule has 1 saturated carbocycles. The van der Waals surface area contributed by atoms with Crippen molar-refractivity contribution in [2.24, 2.45) is 11.8 Å². The van der Waals surface area contributed by atoms with Gasteiger partial charge in [0.2, 0.25) is 11.8 Å². The fraction of sp³-hybridized carbons (Fsp3) is 0.882. The van der Waals surface area contributed by atoms with Crippen molar-refractivity contribution in [1.29, 1.82) is 0 Å². The van der Waals surface area contributed by atoms with Crippen molar-refractivity contribution in [3.05, 3.63) is 0 Å². The lowest BCUT2D eigenvalue weighted by Crippen LogP contribution is -2.49. The molecule has 5 heteroatoms. The number of carbonyl (C=O) groups excluding carboxylic acids is 2. The van der Waals surface area contributed by atoms with E-state index < -0.39 is 0 Å². The van der Waals surface area contributed by atoms with E-state index >= 15 is 0 Å². The molecule has 22 heavy (non-hydrogen) atoms. The van der Waals surface area contributed by atoms with Gasteiger partial charge in [0.05, 0.1) is 0 Å². The molecule has 0 radical (unpaired) electrons. The maximum absolute atomic E-state index is 12.6. The zero-order valence-electron chi connectivity index (χ0n) is 14.3. The minimum atomic E-state index is 0.102. The second kappa shape index (κ2) is 7.95. The van der Waals surface area contributed by atoms with Crippen LogP contribution in [0, 0.1) is 11.8 Å². The highest BCUT2D eigenvalue weighted by Gasteiger charge is 2.33. The van der Waals surface area contributed by atoms with Crippen LogP contribution in [0.5, 0.6) is 0 Å². The molecular weight excluding hydrogens is 278 g/mol. The van der Waals surface area contributed by atoms with E-state index in [4.69, 9.17) is 0 Å². The molecule has 1 aliphatic carbocycles. The fourth-order valence-electron chi connectivity index (χ4n) is 3.35. The summed E-state index contributed by atoms with van der Waals surface area (Å²) in [5.74, 6) is 0.732. The molecule has 2 amide bonds. The lowest BCUT2D eigenvalue weighted by Gasteiger charge is -2.36. The van der Waals surface area contributed by atoms with E-state index in [9.17, 15) is 9.59 Å². The normalized spacial score (nSPS) is 28.2. The van der Waals surface area contributed by atoms with Gasteiger partial charge in [-0.15, -0.1) is 0 Å². The summed E-state index contributed by atoms with van der Waals surface area (Å²) in [6.07, 6.45) is 4.40. The summed E-state index contributed by atoms with van der Waals surface area (Å²) in [6.45, 7) is 7.77. The first kappa shape index (κ1) is 17.3. The van der Waals surface area contributed by atoms with Crippen LogP contribution in [0.2, 0.25) is 0 Å². The molecule has 0 spiro atoms. The van der Waals surface area contributed by atoms with E-state index in [-0.39, 0.29) is 23.8 Å². The maximum atomic E-state index is 12.6. The van der Waals surface area contributed by atoms with Gasteiger partial charge in [0.15, 0.2) is 0 Å². The van der Waals surface area contributed by atoms with Crippen LogP contribution < -0.4 is 5.32 Å². The standard InChI is InChI=1S/C17H31N3O2/c1-4-13(2)18-16(21)14-5-7-15(8-6-14)17(22)20-11-9-19(3)10-12-20/h13-15H,4-12H2,1-3H3,(H,18,21). The zero-order chi connectivity index (χ0) is 16.1. The van der Waals surface area contributed by atoms with Gasteiger partial charge in [0, 0.05) is 44.1 Å². The van der Waals surface area contributed by atoms with Gasteiger partial charge in [-0.25, -0.2) is 0 Å². The van der Waals surface area contributed by atoms with E-state index in [1.54, 1.807) is 0 Å². The van der Waals surface area contributed by atoms with Crippen LogP contribution in [-0.2, 0) is 9.59 Å². The average Bonchev–Trinajstić information content (AvgIpc) is 2.55. The summed E-state index contributed by atoms with van der Waals surface area (Å²) in [7, 11) is 2.10. The quantitative estimate of drug-likeness (QED) is 0.856. The third-order valence-electron chi connectivity index (χ3n) is 5.26. The summed E-state index contributed by atoms with van der Waals surface area (Å²) in [4.78, 5) is 29.0. The lowest BCUT2D eigenvalue weighted by atomic mass is 9.80. The number of amides is 2. The summed E-state index contributed by atoms with van der Waals surface area (Å²) in [6, 6.07) is 0.247. The maximum Gasteiger partial charge on any atom is 0.225 e. The SMILES string of the molecule is CCC(C)NC(=O)C1CCC(C(=O)N2CCN(C)CC2)CC1. The Kier molecular flexibility index (Phi) is 6.24. The smallest absolute Gasteiger partial charge is 0.225 e. The Labute approximate surface area is 134 Å². The lowest BCUT2D eigenvalue weighted by molar-refractivity contribution is -0.139. The molecule has 5 nitrogen and oxygen atoms in total. The van der Waals surface area contributed by atoms with E-state index in [2.05, 4.69) is 24.2 Å². The zero-order valence-corrected chi connectivity index (χ0v) is 14.3. The Morgan fingerprint density at radius 2 is 1.59 bits per heavy atom. The fourth-order valence-corrected chi connectivity index (χ4v) is 3.35. The second-order valence-corrected chi connectivity index (χ2v) is 6.99. The molecule has 126 valence electrons. The van der Waals surface area contributed by atoms with E-state index in [1.807, 2.05) is 11.8 Å². The molecular formula is C17H31N3O2. The molecule has 1 N–H and O–H groups in total. The molecule has 1 saturated heterocycles. The number of nitrogens with one attached hydrogen (secondary N) is 1. The minimum Gasteiger partial charge on any atom is -0.353 e. The first-order valence-electron chi connectivity index (χ1n) is 8.79. The number of nitrogens with zero attached hydrogens (tertiary/aromatic N) is 2. The van der Waals surface area contributed by atoms with E-state index in [0.29, 0.717) is 5.91 Å². The number of piperazine rings is 1. The molecule has 0 aromatic rings. The Hall–Kier alpha value is -1.10. The van der Waals surface area contributed by atoms with Gasteiger partial charge in [-0.2, -0.15) is 0 Å². The van der Waals surface area contributed by atoms with Gasteiger partial charge < -0.3 is 15.1 Å². The van der Waals surface area contributed by atoms with Gasteiger partial charge >= 0.3 is 0 Å². The first-order chi connectivity index (χ1) is 10.5. The minimum absolute atomic E-state index is 0.102. The number of hydrogen-bond donors (Lipinski definition) is 1. The first-order valence-corrected chi connectivity index (χ1v) is 8.79. The molecule has 2 fully saturated rings. The predicted octanol–water partition coefficient (Wildman–Crippen LogP) is 1.48. The van der Waals surface area contributed by atoms with E-state index in [1.165, 1.54) is 0 Å². The van der Waals surface area contributed by atoms with Crippen molar-refractivity contribution in [1.82, 2.24) is 15.1 Å². The molecule has 0 aromatic heterocycles. The van der Waals surface area contributed by atoms with Crippen molar-refractivity contribution in [3.63, 3.8) is 0 Å². The van der Waals surface area contributed by atoms with Gasteiger partial charge in [-0.05, 0) is 46.1 Å². The molecule has 0 aromatic carbocycles. The highest BCUT2D eigenvalue weighted by atomic mass is 16.2. The number of rotatable bonds is 4. The highest BCUT2D eigenvalue weighted by molar-refractivity contribution is 5.81. The van der Waals surface area contributed by atoms with Crippen LogP contribution in [0.1, 0.15) is 46.0 Å². The van der Waals surface area contributed by atoms with Crippen LogP contribution in [0.3, 0.4) is 0 Å². The summed E-state index contributed by atoms with van der Waals surface area (Å²) >= 11 is 0. The van der Waals surface area contributed by atoms with Crippen molar-refractivity contribution >= 4 is 11.8 Å². The van der Waals surface area contributed by atoms with Crippen molar-refractivity contribution < 1.29 is 9.59 Å². The molecule has 1 heterocycles. The monoisotopic (exact) mass is 309 g/mol. The summed E-state index contributed by atoms with van der Waals surface area (Å²) in [5.41, 5.74) is 0. The van der Waals surface area contributed by atoms with Crippen molar-refractivity contribution in [3.8, 4) is 0 Å². The molecule has 1 aliphatic heterocycles. The van der Waals surface area contributed by atoms with Gasteiger partial charge in [0.1, 0.15) is 0 Å². The Morgan fingerprint density at radius 3 is 2.14 bits per heavy atom. The molecule has 1 unspecified atom stereocenters. The van der Waals surface area contributed by atoms with Crippen molar-refractivity contribution in [2.45, 2.75) is 52.0 Å². The van der Waals surface area contributed by atoms with E-state index in [0.717, 1.165) is 58.3 Å². The van der Waals surface area contributed by atoms with Gasteiger partial charge in [-0.1, -0.05) is 6.92 Å². The van der Waals surface area contributed by atoms with Gasteiger partial charge in [-0.3, -0.25) is 9.59 Å². The number of hydrogen-bond acceptors (Lipinski definition) is 3. The van der Waals surface area contributed by atoms with Gasteiger partial charge in [0.25, 0.3) is 0 Å². The van der Waals surface area contributed by atoms with Crippen molar-refractivity contribution in [2.75, 3.05) is 33.2 Å².